The van der Waals surface area contributed by atoms with Gasteiger partial charge in [0.1, 0.15) is 5.82 Å². The van der Waals surface area contributed by atoms with Crippen LogP contribution < -0.4 is 0 Å². The van der Waals surface area contributed by atoms with Crippen molar-refractivity contribution in [3.05, 3.63) is 35.1 Å². The van der Waals surface area contributed by atoms with E-state index < -0.39 is 5.60 Å². The van der Waals surface area contributed by atoms with Gasteiger partial charge in [-0.25, -0.2) is 4.39 Å². The molecule has 0 saturated heterocycles. The highest BCUT2D eigenvalue weighted by atomic mass is 19.1. The Bertz CT molecular complexity index is 318. The number of aliphatic hydroxyl groups is 1. The first kappa shape index (κ1) is 11.2. The summed E-state index contributed by atoms with van der Waals surface area (Å²) in [5.41, 5.74) is 0.322. The molecule has 0 amide bonds. The molecule has 78 valence electrons. The minimum absolute atomic E-state index is 0.325. The Morgan fingerprint density at radius 3 is 2.64 bits per heavy atom. The van der Waals surface area contributed by atoms with Gasteiger partial charge in [-0.3, -0.25) is 0 Å². The topological polar surface area (TPSA) is 20.2 Å². The van der Waals surface area contributed by atoms with Crippen LogP contribution in [0.5, 0.6) is 0 Å². The summed E-state index contributed by atoms with van der Waals surface area (Å²) in [5.74, 6) is -0.325. The maximum Gasteiger partial charge on any atom is 0.129 e. The van der Waals surface area contributed by atoms with Crippen LogP contribution in [0.1, 0.15) is 37.8 Å². The Balaban J connectivity index is 3.10. The van der Waals surface area contributed by atoms with Crippen LogP contribution in [-0.2, 0) is 5.60 Å². The SMILES string of the molecule is CCCC(C)(O)c1cc(C)ccc1F. The van der Waals surface area contributed by atoms with Crippen LogP contribution >= 0.6 is 0 Å². The fourth-order valence-corrected chi connectivity index (χ4v) is 1.67. The van der Waals surface area contributed by atoms with Crippen molar-refractivity contribution in [3.63, 3.8) is 0 Å². The summed E-state index contributed by atoms with van der Waals surface area (Å²) in [6, 6.07) is 4.83. The number of rotatable bonds is 3. The van der Waals surface area contributed by atoms with Gasteiger partial charge >= 0.3 is 0 Å². The minimum atomic E-state index is -1.05. The second-order valence-corrected chi connectivity index (χ2v) is 4.01. The van der Waals surface area contributed by atoms with Gasteiger partial charge in [0.2, 0.25) is 0 Å². The van der Waals surface area contributed by atoms with Crippen LogP contribution in [0.2, 0.25) is 0 Å². The highest BCUT2D eigenvalue weighted by molar-refractivity contribution is 5.28. The van der Waals surface area contributed by atoms with Gasteiger partial charge in [-0.15, -0.1) is 0 Å². The second kappa shape index (κ2) is 4.09. The Labute approximate surface area is 84.6 Å². The fraction of sp³-hybridized carbons (Fsp3) is 0.500. The third-order valence-electron chi connectivity index (χ3n) is 2.44. The molecule has 0 aliphatic heterocycles. The second-order valence-electron chi connectivity index (χ2n) is 4.01. The molecule has 1 nitrogen and oxygen atoms in total. The van der Waals surface area contributed by atoms with Crippen molar-refractivity contribution >= 4 is 0 Å². The first-order valence-corrected chi connectivity index (χ1v) is 4.96. The first-order chi connectivity index (χ1) is 6.47. The number of hydrogen-bond acceptors (Lipinski definition) is 1. The smallest absolute Gasteiger partial charge is 0.129 e. The summed E-state index contributed by atoms with van der Waals surface area (Å²) in [6.45, 7) is 5.53. The van der Waals surface area contributed by atoms with Crippen molar-refractivity contribution in [1.29, 1.82) is 0 Å². The Morgan fingerprint density at radius 2 is 2.07 bits per heavy atom. The highest BCUT2D eigenvalue weighted by Crippen LogP contribution is 2.28. The lowest BCUT2D eigenvalue weighted by atomic mass is 9.90. The van der Waals surface area contributed by atoms with E-state index in [0.717, 1.165) is 12.0 Å². The molecule has 0 bridgehead atoms. The highest BCUT2D eigenvalue weighted by Gasteiger charge is 2.25. The molecule has 0 saturated carbocycles. The molecule has 1 unspecified atom stereocenters. The van der Waals surface area contributed by atoms with Crippen molar-refractivity contribution in [2.24, 2.45) is 0 Å². The molecule has 2 heteroatoms. The molecule has 1 atom stereocenters. The van der Waals surface area contributed by atoms with Gasteiger partial charge in [-0.1, -0.05) is 31.0 Å². The zero-order valence-electron chi connectivity index (χ0n) is 8.97. The van der Waals surface area contributed by atoms with E-state index >= 15 is 0 Å². The summed E-state index contributed by atoms with van der Waals surface area (Å²) in [5, 5.41) is 10.1. The predicted molar refractivity (Wildman–Crippen MR) is 55.6 cm³/mol. The Kier molecular flexibility index (Phi) is 3.27. The largest absolute Gasteiger partial charge is 0.385 e. The van der Waals surface area contributed by atoms with Crippen LogP contribution in [-0.4, -0.2) is 5.11 Å². The summed E-state index contributed by atoms with van der Waals surface area (Å²) < 4.78 is 13.4. The van der Waals surface area contributed by atoms with Gasteiger partial charge in [0.15, 0.2) is 0 Å². The molecule has 0 spiro atoms. The number of hydrogen-bond donors (Lipinski definition) is 1. The van der Waals surface area contributed by atoms with Gasteiger partial charge in [-0.05, 0) is 26.3 Å². The first-order valence-electron chi connectivity index (χ1n) is 4.96. The zero-order chi connectivity index (χ0) is 10.8. The molecule has 1 aromatic rings. The lowest BCUT2D eigenvalue weighted by molar-refractivity contribution is 0.0432. The minimum Gasteiger partial charge on any atom is -0.385 e. The molecule has 0 fully saturated rings. The van der Waals surface area contributed by atoms with E-state index in [1.165, 1.54) is 6.07 Å². The average Bonchev–Trinajstić information content (AvgIpc) is 2.09. The number of halogens is 1. The van der Waals surface area contributed by atoms with Gasteiger partial charge in [0.25, 0.3) is 0 Å². The van der Waals surface area contributed by atoms with E-state index in [4.69, 9.17) is 0 Å². The van der Waals surface area contributed by atoms with Crippen LogP contribution in [0.3, 0.4) is 0 Å². The molecule has 0 aliphatic rings. The summed E-state index contributed by atoms with van der Waals surface area (Å²) in [6.07, 6.45) is 1.41. The van der Waals surface area contributed by atoms with Crippen LogP contribution in [0.15, 0.2) is 18.2 Å². The molecule has 1 rings (SSSR count). The quantitative estimate of drug-likeness (QED) is 0.787. The molecular formula is C12H17FO. The van der Waals surface area contributed by atoms with Crippen LogP contribution in [0.4, 0.5) is 4.39 Å². The monoisotopic (exact) mass is 196 g/mol. The predicted octanol–water partition coefficient (Wildman–Crippen LogP) is 3.14. The maximum atomic E-state index is 13.4. The van der Waals surface area contributed by atoms with Crippen molar-refractivity contribution in [3.8, 4) is 0 Å². The molecule has 0 radical (unpaired) electrons. The normalized spacial score (nSPS) is 15.2. The standard InChI is InChI=1S/C12H17FO/c1-4-7-12(3,14)10-8-9(2)5-6-11(10)13/h5-6,8,14H,4,7H2,1-3H3. The number of benzene rings is 1. The Morgan fingerprint density at radius 1 is 1.43 bits per heavy atom. The van der Waals surface area contributed by atoms with E-state index in [0.29, 0.717) is 12.0 Å². The third-order valence-corrected chi connectivity index (χ3v) is 2.44. The van der Waals surface area contributed by atoms with Crippen molar-refractivity contribution in [2.75, 3.05) is 0 Å². The molecule has 0 aliphatic carbocycles. The van der Waals surface area contributed by atoms with E-state index in [1.807, 2.05) is 13.8 Å². The molecule has 0 heterocycles. The Hall–Kier alpha value is -0.890. The fourth-order valence-electron chi connectivity index (χ4n) is 1.67. The summed E-state index contributed by atoms with van der Waals surface area (Å²) in [7, 11) is 0. The third kappa shape index (κ3) is 2.32. The maximum absolute atomic E-state index is 13.4. The van der Waals surface area contributed by atoms with Gasteiger partial charge in [0.05, 0.1) is 5.60 Å². The van der Waals surface area contributed by atoms with Crippen LogP contribution in [0.25, 0.3) is 0 Å². The lowest BCUT2D eigenvalue weighted by Gasteiger charge is -2.24. The van der Waals surface area contributed by atoms with Gasteiger partial charge in [0, 0.05) is 5.56 Å². The van der Waals surface area contributed by atoms with Crippen molar-refractivity contribution < 1.29 is 9.50 Å². The lowest BCUT2D eigenvalue weighted by Crippen LogP contribution is -2.22. The van der Waals surface area contributed by atoms with Crippen LogP contribution in [0, 0.1) is 12.7 Å². The summed E-state index contributed by atoms with van der Waals surface area (Å²) in [4.78, 5) is 0. The summed E-state index contributed by atoms with van der Waals surface area (Å²) >= 11 is 0. The van der Waals surface area contributed by atoms with E-state index in [-0.39, 0.29) is 5.82 Å². The molecule has 0 aromatic heterocycles. The van der Waals surface area contributed by atoms with Gasteiger partial charge < -0.3 is 5.11 Å². The molecule has 14 heavy (non-hydrogen) atoms. The van der Waals surface area contributed by atoms with Crippen molar-refractivity contribution in [1.82, 2.24) is 0 Å². The average molecular weight is 196 g/mol. The van der Waals surface area contributed by atoms with Gasteiger partial charge in [-0.2, -0.15) is 0 Å². The number of aryl methyl sites for hydroxylation is 1. The van der Waals surface area contributed by atoms with E-state index in [9.17, 15) is 9.50 Å². The van der Waals surface area contributed by atoms with Crippen molar-refractivity contribution in [2.45, 2.75) is 39.2 Å². The van der Waals surface area contributed by atoms with E-state index in [1.54, 1.807) is 19.1 Å². The molecule has 1 aromatic carbocycles. The molecule has 1 N–H and O–H groups in total. The molecular weight excluding hydrogens is 179 g/mol. The zero-order valence-corrected chi connectivity index (χ0v) is 8.97. The van der Waals surface area contributed by atoms with E-state index in [2.05, 4.69) is 0 Å².